The van der Waals surface area contributed by atoms with Crippen LogP contribution in [-0.4, -0.2) is 36.1 Å². The Bertz CT molecular complexity index is 604. The van der Waals surface area contributed by atoms with Crippen molar-refractivity contribution in [1.82, 2.24) is 15.5 Å². The molecule has 0 spiro atoms. The first-order chi connectivity index (χ1) is 11.6. The van der Waals surface area contributed by atoms with Crippen LogP contribution >= 0.6 is 0 Å². The van der Waals surface area contributed by atoms with Gasteiger partial charge in [-0.25, -0.2) is 9.59 Å². The Hall–Kier alpha value is -2.24. The van der Waals surface area contributed by atoms with Gasteiger partial charge in [0.05, 0.1) is 0 Å². The minimum atomic E-state index is -0.160. The number of amides is 4. The third kappa shape index (κ3) is 4.19. The molecule has 2 fully saturated rings. The Balaban J connectivity index is 1.60. The van der Waals surface area contributed by atoms with Gasteiger partial charge in [0, 0.05) is 31.4 Å². The highest BCUT2D eigenvalue weighted by Crippen LogP contribution is 2.24. The summed E-state index contributed by atoms with van der Waals surface area (Å²) in [5.41, 5.74) is 1.71. The summed E-state index contributed by atoms with van der Waals surface area (Å²) in [6, 6.07) is 7.69. The molecule has 1 heterocycles. The highest BCUT2D eigenvalue weighted by Gasteiger charge is 2.22. The Morgan fingerprint density at radius 3 is 2.92 bits per heavy atom. The number of carbonyl (C=O) groups is 2. The maximum atomic E-state index is 12.3. The predicted molar refractivity (Wildman–Crippen MR) is 93.8 cm³/mol. The summed E-state index contributed by atoms with van der Waals surface area (Å²) < 4.78 is 0. The van der Waals surface area contributed by atoms with Gasteiger partial charge < -0.3 is 20.9 Å². The van der Waals surface area contributed by atoms with Gasteiger partial charge in [-0.3, -0.25) is 0 Å². The lowest BCUT2D eigenvalue weighted by Crippen LogP contribution is -2.40. The highest BCUT2D eigenvalue weighted by atomic mass is 16.2. The lowest BCUT2D eigenvalue weighted by Gasteiger charge is -2.27. The van der Waals surface area contributed by atoms with Gasteiger partial charge in [-0.2, -0.15) is 0 Å². The Labute approximate surface area is 143 Å². The number of hydrogen-bond donors (Lipinski definition) is 3. The number of urea groups is 2. The normalized spacial score (nSPS) is 23.7. The van der Waals surface area contributed by atoms with E-state index >= 15 is 0 Å². The smallest absolute Gasteiger partial charge is 0.319 e. The zero-order chi connectivity index (χ0) is 16.9. The first kappa shape index (κ1) is 16.6. The van der Waals surface area contributed by atoms with Crippen molar-refractivity contribution in [3.8, 4) is 0 Å². The van der Waals surface area contributed by atoms with Crippen LogP contribution in [0.15, 0.2) is 24.3 Å². The first-order valence-corrected chi connectivity index (χ1v) is 8.80. The van der Waals surface area contributed by atoms with Crippen molar-refractivity contribution in [3.05, 3.63) is 29.8 Å². The van der Waals surface area contributed by atoms with E-state index in [0.717, 1.165) is 24.1 Å². The number of benzene rings is 1. The number of hydrogen-bond acceptors (Lipinski definition) is 2. The molecule has 3 N–H and O–H groups in total. The van der Waals surface area contributed by atoms with Crippen LogP contribution in [-0.2, 0) is 6.54 Å². The molecule has 1 aromatic carbocycles. The molecule has 0 radical (unpaired) electrons. The van der Waals surface area contributed by atoms with Crippen molar-refractivity contribution >= 4 is 17.7 Å². The summed E-state index contributed by atoms with van der Waals surface area (Å²) in [5, 5.41) is 8.83. The number of nitrogens with zero attached hydrogens (tertiary/aromatic N) is 1. The van der Waals surface area contributed by atoms with E-state index in [1.807, 2.05) is 24.3 Å². The number of para-hydroxylation sites is 1. The summed E-state index contributed by atoms with van der Waals surface area (Å²) in [5.74, 6) is 0.671. The van der Waals surface area contributed by atoms with Gasteiger partial charge in [-0.05, 0) is 30.4 Å². The van der Waals surface area contributed by atoms with Gasteiger partial charge in [0.2, 0.25) is 0 Å². The van der Waals surface area contributed by atoms with Crippen LogP contribution in [0.1, 0.15) is 38.2 Å². The zero-order valence-corrected chi connectivity index (χ0v) is 14.2. The molecule has 6 heteroatoms. The molecule has 4 amide bonds. The summed E-state index contributed by atoms with van der Waals surface area (Å²) in [6.45, 7) is 4.11. The number of rotatable bonds is 4. The van der Waals surface area contributed by atoms with Crippen LogP contribution < -0.4 is 16.0 Å². The maximum Gasteiger partial charge on any atom is 0.319 e. The number of carbonyl (C=O) groups excluding carboxylic acids is 2. The van der Waals surface area contributed by atoms with E-state index in [1.54, 1.807) is 4.90 Å². The fraction of sp³-hybridized carbons (Fsp3) is 0.556. The van der Waals surface area contributed by atoms with Crippen LogP contribution in [0.25, 0.3) is 0 Å². The van der Waals surface area contributed by atoms with E-state index in [9.17, 15) is 9.59 Å². The molecular weight excluding hydrogens is 304 g/mol. The molecular formula is C18H26N4O2. The van der Waals surface area contributed by atoms with Crippen LogP contribution in [0.2, 0.25) is 0 Å². The first-order valence-electron chi connectivity index (χ1n) is 8.80. The van der Waals surface area contributed by atoms with Crippen LogP contribution in [0.4, 0.5) is 15.3 Å². The van der Waals surface area contributed by atoms with Crippen molar-refractivity contribution in [2.75, 3.05) is 18.4 Å². The van der Waals surface area contributed by atoms with Gasteiger partial charge >= 0.3 is 12.1 Å². The van der Waals surface area contributed by atoms with E-state index in [2.05, 4.69) is 22.9 Å². The van der Waals surface area contributed by atoms with Crippen LogP contribution in [0, 0.1) is 5.92 Å². The SMILES string of the molecule is C[C@@H]1CCC[C@H](NC(=O)Nc2ccccc2CN2CCNC2=O)C1. The molecule has 1 aliphatic heterocycles. The monoisotopic (exact) mass is 330 g/mol. The molecule has 1 saturated carbocycles. The van der Waals surface area contributed by atoms with E-state index in [1.165, 1.54) is 12.8 Å². The molecule has 2 atom stereocenters. The van der Waals surface area contributed by atoms with E-state index < -0.39 is 0 Å². The van der Waals surface area contributed by atoms with Gasteiger partial charge in [-0.15, -0.1) is 0 Å². The number of anilines is 1. The third-order valence-electron chi connectivity index (χ3n) is 4.84. The topological polar surface area (TPSA) is 73.5 Å². The largest absolute Gasteiger partial charge is 0.336 e. The average Bonchev–Trinajstić information content (AvgIpc) is 2.94. The molecule has 6 nitrogen and oxygen atoms in total. The molecule has 2 aliphatic rings. The van der Waals surface area contributed by atoms with Gasteiger partial charge in [0.25, 0.3) is 0 Å². The maximum absolute atomic E-state index is 12.3. The Morgan fingerprint density at radius 1 is 1.33 bits per heavy atom. The lowest BCUT2D eigenvalue weighted by atomic mass is 9.87. The predicted octanol–water partition coefficient (Wildman–Crippen LogP) is 2.91. The quantitative estimate of drug-likeness (QED) is 0.794. The molecule has 0 bridgehead atoms. The summed E-state index contributed by atoms with van der Waals surface area (Å²) in [7, 11) is 0. The summed E-state index contributed by atoms with van der Waals surface area (Å²) >= 11 is 0. The Kier molecular flexibility index (Phi) is 5.23. The lowest BCUT2D eigenvalue weighted by molar-refractivity contribution is 0.215. The second-order valence-corrected chi connectivity index (χ2v) is 6.88. The van der Waals surface area contributed by atoms with Gasteiger partial charge in [-0.1, -0.05) is 38.0 Å². The zero-order valence-electron chi connectivity index (χ0n) is 14.2. The van der Waals surface area contributed by atoms with Gasteiger partial charge in [0.1, 0.15) is 0 Å². The summed E-state index contributed by atoms with van der Waals surface area (Å²) in [6.07, 6.45) is 4.52. The molecule has 130 valence electrons. The average molecular weight is 330 g/mol. The highest BCUT2D eigenvalue weighted by molar-refractivity contribution is 5.90. The van der Waals surface area contributed by atoms with Gasteiger partial charge in [0.15, 0.2) is 0 Å². The second-order valence-electron chi connectivity index (χ2n) is 6.88. The van der Waals surface area contributed by atoms with E-state index in [4.69, 9.17) is 0 Å². The van der Waals surface area contributed by atoms with Crippen LogP contribution in [0.3, 0.4) is 0 Å². The molecule has 3 rings (SSSR count). The fourth-order valence-electron chi connectivity index (χ4n) is 3.56. The van der Waals surface area contributed by atoms with Crippen molar-refractivity contribution in [2.24, 2.45) is 5.92 Å². The standard InChI is InChI=1S/C18H26N4O2/c1-13-5-4-7-15(11-13)20-17(23)21-16-8-3-2-6-14(16)12-22-10-9-19-18(22)24/h2-3,6,8,13,15H,4-5,7,9-12H2,1H3,(H,19,24)(H2,20,21,23)/t13-,15+/m1/s1. The van der Waals surface area contributed by atoms with Crippen molar-refractivity contribution in [2.45, 2.75) is 45.2 Å². The van der Waals surface area contributed by atoms with Crippen LogP contribution in [0.5, 0.6) is 0 Å². The molecule has 24 heavy (non-hydrogen) atoms. The molecule has 1 aliphatic carbocycles. The molecule has 1 aromatic rings. The molecule has 1 saturated heterocycles. The summed E-state index contributed by atoms with van der Waals surface area (Å²) in [4.78, 5) is 25.8. The minimum absolute atomic E-state index is 0.0505. The third-order valence-corrected chi connectivity index (χ3v) is 4.84. The molecule has 0 unspecified atom stereocenters. The van der Waals surface area contributed by atoms with Crippen molar-refractivity contribution < 1.29 is 9.59 Å². The fourth-order valence-corrected chi connectivity index (χ4v) is 3.56. The minimum Gasteiger partial charge on any atom is -0.336 e. The van der Waals surface area contributed by atoms with E-state index in [0.29, 0.717) is 25.6 Å². The second kappa shape index (κ2) is 7.55. The Morgan fingerprint density at radius 2 is 2.17 bits per heavy atom. The van der Waals surface area contributed by atoms with E-state index in [-0.39, 0.29) is 18.1 Å². The number of nitrogens with one attached hydrogen (secondary N) is 3. The molecule has 0 aromatic heterocycles. The van der Waals surface area contributed by atoms with Crippen molar-refractivity contribution in [1.29, 1.82) is 0 Å². The van der Waals surface area contributed by atoms with Crippen molar-refractivity contribution in [3.63, 3.8) is 0 Å².